The van der Waals surface area contributed by atoms with Crippen LogP contribution in [0.1, 0.15) is 44.7 Å². The quantitative estimate of drug-likeness (QED) is 0.272. The summed E-state index contributed by atoms with van der Waals surface area (Å²) in [6.45, 7) is 3.65. The molecule has 168 valence electrons. The highest BCUT2D eigenvalue weighted by molar-refractivity contribution is 5.86. The fraction of sp³-hybridized carbons (Fsp3) is 0.591. The maximum atomic E-state index is 13.3. The van der Waals surface area contributed by atoms with Crippen molar-refractivity contribution in [2.75, 3.05) is 20.2 Å². The summed E-state index contributed by atoms with van der Waals surface area (Å²) >= 11 is 0. The standard InChI is InChI=1S/C22H32N6O3/c1-15-19(13-31-20(15)29)28-10-9-22(21(28)30)7-5-18(6-8-22)27(2)12-17-4-3-16(11-24-17)25-14-26-23/h3-4,11,14,18,20,29H,5-10,12-13,23H2,1-2H3,(H,25,26). The number of carbonyl (C=O) groups is 1. The van der Waals surface area contributed by atoms with E-state index in [1.165, 1.54) is 6.34 Å². The number of likely N-dealkylation sites (tertiary alicyclic amines) is 1. The van der Waals surface area contributed by atoms with E-state index in [1.807, 2.05) is 24.0 Å². The van der Waals surface area contributed by atoms with E-state index in [9.17, 15) is 9.90 Å². The zero-order valence-corrected chi connectivity index (χ0v) is 18.3. The van der Waals surface area contributed by atoms with E-state index >= 15 is 0 Å². The van der Waals surface area contributed by atoms with Crippen LogP contribution in [0, 0.1) is 5.41 Å². The molecule has 2 fully saturated rings. The number of rotatable bonds is 6. The fourth-order valence-corrected chi connectivity index (χ4v) is 5.05. The van der Waals surface area contributed by atoms with E-state index in [1.54, 1.807) is 6.20 Å². The number of nitrogens with zero attached hydrogens (tertiary/aromatic N) is 4. The molecule has 9 nitrogen and oxygen atoms in total. The minimum atomic E-state index is -0.879. The first-order chi connectivity index (χ1) is 14.9. The van der Waals surface area contributed by atoms with E-state index in [0.717, 1.165) is 67.8 Å². The normalized spacial score (nSPS) is 29.2. The summed E-state index contributed by atoms with van der Waals surface area (Å²) in [5.41, 5.74) is 5.49. The molecule has 1 amide bonds. The molecule has 3 aliphatic rings. The van der Waals surface area contributed by atoms with E-state index in [0.29, 0.717) is 12.6 Å². The van der Waals surface area contributed by atoms with Crippen LogP contribution in [0.5, 0.6) is 0 Å². The number of nitrogens with two attached hydrogens (primary N) is 1. The molecular formula is C22H32N6O3. The number of aliphatic hydroxyl groups excluding tert-OH is 1. The third kappa shape index (κ3) is 4.36. The largest absolute Gasteiger partial charge is 0.364 e. The Morgan fingerprint density at radius 1 is 1.42 bits per heavy atom. The molecule has 4 rings (SSSR count). The number of aromatic nitrogens is 1. The minimum absolute atomic E-state index is 0.213. The Labute approximate surface area is 182 Å². The predicted molar refractivity (Wildman–Crippen MR) is 117 cm³/mol. The molecule has 0 radical (unpaired) electrons. The lowest BCUT2D eigenvalue weighted by Gasteiger charge is -2.39. The Bertz CT molecular complexity index is 861. The van der Waals surface area contributed by atoms with Crippen LogP contribution in [0.4, 0.5) is 5.69 Å². The average Bonchev–Trinajstić information content (AvgIpc) is 3.27. The molecule has 9 heteroatoms. The van der Waals surface area contributed by atoms with Gasteiger partial charge in [0.1, 0.15) is 6.34 Å². The molecule has 1 aliphatic carbocycles. The summed E-state index contributed by atoms with van der Waals surface area (Å²) in [5, 5.41) is 9.84. The average molecular weight is 429 g/mol. The van der Waals surface area contributed by atoms with Gasteiger partial charge in [-0.25, -0.2) is 10.8 Å². The number of ether oxygens (including phenoxy) is 1. The molecule has 3 heterocycles. The molecule has 2 aliphatic heterocycles. The van der Waals surface area contributed by atoms with Gasteiger partial charge in [0.05, 0.1) is 35.3 Å². The van der Waals surface area contributed by atoms with Crippen molar-refractivity contribution in [1.29, 1.82) is 0 Å². The van der Waals surface area contributed by atoms with Crippen LogP contribution in [0.2, 0.25) is 0 Å². The first kappa shape index (κ1) is 21.9. The van der Waals surface area contributed by atoms with Crippen molar-refractivity contribution >= 4 is 17.9 Å². The zero-order valence-electron chi connectivity index (χ0n) is 18.3. The lowest BCUT2D eigenvalue weighted by atomic mass is 9.71. The van der Waals surface area contributed by atoms with Gasteiger partial charge >= 0.3 is 0 Å². The fourth-order valence-electron chi connectivity index (χ4n) is 5.05. The summed E-state index contributed by atoms with van der Waals surface area (Å²) in [6, 6.07) is 4.34. The topological polar surface area (TPSA) is 116 Å². The number of amides is 1. The lowest BCUT2D eigenvalue weighted by Crippen LogP contribution is -2.42. The summed E-state index contributed by atoms with van der Waals surface area (Å²) in [4.78, 5) is 26.1. The number of hydrazine groups is 1. The van der Waals surface area contributed by atoms with Crippen molar-refractivity contribution in [1.82, 2.24) is 20.2 Å². The molecule has 1 spiro atoms. The number of hydrogen-bond donors (Lipinski definition) is 3. The molecule has 1 aromatic rings. The number of pyridine rings is 1. The highest BCUT2D eigenvalue weighted by Crippen LogP contribution is 2.47. The van der Waals surface area contributed by atoms with Gasteiger partial charge in [-0.3, -0.25) is 14.7 Å². The van der Waals surface area contributed by atoms with Crippen LogP contribution in [0.15, 0.2) is 34.6 Å². The summed E-state index contributed by atoms with van der Waals surface area (Å²) in [7, 11) is 2.13. The molecule has 4 N–H and O–H groups in total. The third-order valence-corrected chi connectivity index (χ3v) is 7.09. The van der Waals surface area contributed by atoms with Crippen LogP contribution in [-0.2, 0) is 16.1 Å². The molecular weight excluding hydrogens is 396 g/mol. The van der Waals surface area contributed by atoms with Gasteiger partial charge in [-0.1, -0.05) is 0 Å². The van der Waals surface area contributed by atoms with Crippen molar-refractivity contribution < 1.29 is 14.6 Å². The van der Waals surface area contributed by atoms with Crippen LogP contribution < -0.4 is 11.3 Å². The van der Waals surface area contributed by atoms with E-state index < -0.39 is 6.29 Å². The zero-order chi connectivity index (χ0) is 22.0. The smallest absolute Gasteiger partial charge is 0.233 e. The SMILES string of the molecule is CC1=C(N2CCC3(CCC(N(C)Cc4ccc(N=CNN)cn4)CC3)C2=O)COC1O. The molecule has 1 aromatic heterocycles. The van der Waals surface area contributed by atoms with Crippen LogP contribution in [0.3, 0.4) is 0 Å². The Morgan fingerprint density at radius 3 is 2.81 bits per heavy atom. The van der Waals surface area contributed by atoms with Gasteiger partial charge in [0.2, 0.25) is 5.91 Å². The second-order valence-electron chi connectivity index (χ2n) is 8.86. The van der Waals surface area contributed by atoms with Gasteiger partial charge in [0.25, 0.3) is 0 Å². The van der Waals surface area contributed by atoms with Crippen molar-refractivity contribution in [2.45, 2.75) is 57.9 Å². The number of aliphatic imine (C=N–C) groups is 1. The molecule has 1 saturated carbocycles. The van der Waals surface area contributed by atoms with Crippen LogP contribution in [-0.4, -0.2) is 64.7 Å². The summed E-state index contributed by atoms with van der Waals surface area (Å²) < 4.78 is 5.30. The second-order valence-corrected chi connectivity index (χ2v) is 8.86. The Balaban J connectivity index is 1.33. The van der Waals surface area contributed by atoms with E-state index in [-0.39, 0.29) is 11.3 Å². The van der Waals surface area contributed by atoms with Gasteiger partial charge in [-0.2, -0.15) is 0 Å². The van der Waals surface area contributed by atoms with E-state index in [4.69, 9.17) is 10.6 Å². The predicted octanol–water partition coefficient (Wildman–Crippen LogP) is 1.42. The highest BCUT2D eigenvalue weighted by Gasteiger charge is 2.50. The van der Waals surface area contributed by atoms with Gasteiger partial charge in [0, 0.05) is 24.7 Å². The van der Waals surface area contributed by atoms with Crippen molar-refractivity contribution in [3.05, 3.63) is 35.3 Å². The molecule has 1 unspecified atom stereocenters. The molecule has 0 bridgehead atoms. The maximum Gasteiger partial charge on any atom is 0.233 e. The second kappa shape index (κ2) is 9.04. The van der Waals surface area contributed by atoms with Crippen molar-refractivity contribution in [3.63, 3.8) is 0 Å². The summed E-state index contributed by atoms with van der Waals surface area (Å²) in [5.74, 6) is 5.40. The maximum absolute atomic E-state index is 13.3. The van der Waals surface area contributed by atoms with Crippen LogP contribution >= 0.6 is 0 Å². The molecule has 0 aromatic carbocycles. The monoisotopic (exact) mass is 428 g/mol. The number of nitrogens with one attached hydrogen (secondary N) is 1. The van der Waals surface area contributed by atoms with Crippen LogP contribution in [0.25, 0.3) is 0 Å². The molecule has 31 heavy (non-hydrogen) atoms. The Hall–Kier alpha value is -2.33. The van der Waals surface area contributed by atoms with Crippen molar-refractivity contribution in [2.24, 2.45) is 16.3 Å². The number of aliphatic hydroxyl groups is 1. The minimum Gasteiger partial charge on any atom is -0.364 e. The highest BCUT2D eigenvalue weighted by atomic mass is 16.6. The van der Waals surface area contributed by atoms with E-state index in [2.05, 4.69) is 27.3 Å². The van der Waals surface area contributed by atoms with Gasteiger partial charge in [-0.05, 0) is 58.2 Å². The Kier molecular flexibility index (Phi) is 6.38. The van der Waals surface area contributed by atoms with Gasteiger partial charge < -0.3 is 20.2 Å². The Morgan fingerprint density at radius 2 is 2.19 bits per heavy atom. The first-order valence-corrected chi connectivity index (χ1v) is 10.9. The van der Waals surface area contributed by atoms with Gasteiger partial charge in [0.15, 0.2) is 6.29 Å². The molecule has 1 atom stereocenters. The summed E-state index contributed by atoms with van der Waals surface area (Å²) in [6.07, 6.45) is 6.97. The third-order valence-electron chi connectivity index (χ3n) is 7.09. The van der Waals surface area contributed by atoms with Gasteiger partial charge in [-0.15, -0.1) is 0 Å². The number of hydrogen-bond acceptors (Lipinski definition) is 7. The lowest BCUT2D eigenvalue weighted by molar-refractivity contribution is -0.137. The number of carbonyl (C=O) groups excluding carboxylic acids is 1. The van der Waals surface area contributed by atoms with Crippen molar-refractivity contribution in [3.8, 4) is 0 Å². The molecule has 1 saturated heterocycles. The first-order valence-electron chi connectivity index (χ1n) is 10.9.